The van der Waals surface area contributed by atoms with Gasteiger partial charge in [0.05, 0.1) is 5.41 Å². The van der Waals surface area contributed by atoms with E-state index < -0.39 is 5.41 Å². The van der Waals surface area contributed by atoms with Crippen molar-refractivity contribution in [1.82, 2.24) is 4.90 Å². The number of benzene rings is 2. The van der Waals surface area contributed by atoms with Crippen LogP contribution in [0.4, 0.5) is 5.69 Å². The highest BCUT2D eigenvalue weighted by molar-refractivity contribution is 6.10. The Kier molecular flexibility index (Phi) is 4.34. The summed E-state index contributed by atoms with van der Waals surface area (Å²) in [6.07, 6.45) is 3.91. The third-order valence-electron chi connectivity index (χ3n) is 5.85. The number of hydrogen-bond donors (Lipinski definition) is 0. The highest BCUT2D eigenvalue weighted by Gasteiger charge is 2.48. The number of para-hydroxylation sites is 1. The van der Waals surface area contributed by atoms with Crippen LogP contribution in [-0.2, 0) is 10.2 Å². The topological polar surface area (TPSA) is 23.6 Å². The molecule has 0 spiro atoms. The fourth-order valence-electron chi connectivity index (χ4n) is 4.32. The van der Waals surface area contributed by atoms with E-state index in [4.69, 9.17) is 0 Å². The molecule has 2 aromatic carbocycles. The molecule has 0 radical (unpaired) electrons. The lowest BCUT2D eigenvalue weighted by Gasteiger charge is -2.29. The van der Waals surface area contributed by atoms with Crippen molar-refractivity contribution in [3.8, 4) is 0 Å². The Morgan fingerprint density at radius 1 is 0.880 bits per heavy atom. The molecule has 130 valence electrons. The third-order valence-corrected chi connectivity index (χ3v) is 5.85. The molecule has 1 fully saturated rings. The van der Waals surface area contributed by atoms with E-state index in [0.29, 0.717) is 0 Å². The van der Waals surface area contributed by atoms with Crippen molar-refractivity contribution in [3.63, 3.8) is 0 Å². The molecule has 0 aliphatic carbocycles. The quantitative estimate of drug-likeness (QED) is 0.848. The van der Waals surface area contributed by atoms with Gasteiger partial charge in [-0.25, -0.2) is 0 Å². The number of hydrogen-bond acceptors (Lipinski definition) is 2. The number of likely N-dealkylation sites (tertiary alicyclic amines) is 1. The monoisotopic (exact) mass is 334 g/mol. The number of anilines is 1. The molecule has 0 bridgehead atoms. The van der Waals surface area contributed by atoms with E-state index in [9.17, 15) is 4.79 Å². The highest BCUT2D eigenvalue weighted by Crippen LogP contribution is 2.45. The van der Waals surface area contributed by atoms with Gasteiger partial charge in [-0.2, -0.15) is 0 Å². The van der Waals surface area contributed by atoms with Crippen molar-refractivity contribution in [1.29, 1.82) is 0 Å². The van der Waals surface area contributed by atoms with Gasteiger partial charge in [-0.3, -0.25) is 4.79 Å². The molecular weight excluding hydrogens is 308 g/mol. The molecular formula is C22H26N2O. The molecule has 0 aromatic heterocycles. The number of amides is 1. The first-order chi connectivity index (χ1) is 12.2. The first-order valence-corrected chi connectivity index (χ1v) is 9.40. The van der Waals surface area contributed by atoms with Crippen LogP contribution in [0, 0.1) is 0 Å². The number of carbonyl (C=O) groups excluding carboxylic acids is 1. The molecule has 25 heavy (non-hydrogen) atoms. The molecule has 1 atom stereocenters. The van der Waals surface area contributed by atoms with Crippen molar-refractivity contribution >= 4 is 11.6 Å². The number of carbonyl (C=O) groups is 1. The molecule has 1 amide bonds. The van der Waals surface area contributed by atoms with Crippen LogP contribution in [0.5, 0.6) is 0 Å². The molecule has 2 heterocycles. The Labute approximate surface area is 150 Å². The van der Waals surface area contributed by atoms with Crippen LogP contribution < -0.4 is 4.90 Å². The molecule has 3 nitrogen and oxygen atoms in total. The zero-order valence-electron chi connectivity index (χ0n) is 14.9. The normalized spacial score (nSPS) is 23.7. The summed E-state index contributed by atoms with van der Waals surface area (Å²) >= 11 is 0. The minimum atomic E-state index is -0.584. The SMILES string of the molecule is CC1(c2ccccc2)C(=O)N(CCN2CCCCC2)c2ccccc21. The van der Waals surface area contributed by atoms with Crippen LogP contribution in [0.1, 0.15) is 37.3 Å². The fourth-order valence-corrected chi connectivity index (χ4v) is 4.32. The van der Waals surface area contributed by atoms with Crippen molar-refractivity contribution in [2.24, 2.45) is 0 Å². The molecule has 2 aliphatic heterocycles. The van der Waals surface area contributed by atoms with Crippen molar-refractivity contribution < 1.29 is 4.79 Å². The highest BCUT2D eigenvalue weighted by atomic mass is 16.2. The lowest BCUT2D eigenvalue weighted by molar-refractivity contribution is -0.121. The van der Waals surface area contributed by atoms with E-state index in [0.717, 1.165) is 29.9 Å². The van der Waals surface area contributed by atoms with Gasteiger partial charge in [-0.15, -0.1) is 0 Å². The maximum atomic E-state index is 13.5. The predicted molar refractivity (Wildman–Crippen MR) is 102 cm³/mol. The molecule has 3 heteroatoms. The zero-order chi connectivity index (χ0) is 17.3. The molecule has 0 N–H and O–H groups in total. The van der Waals surface area contributed by atoms with Crippen LogP contribution in [0.15, 0.2) is 54.6 Å². The van der Waals surface area contributed by atoms with Crippen LogP contribution in [-0.4, -0.2) is 37.0 Å². The average molecular weight is 334 g/mol. The van der Waals surface area contributed by atoms with Crippen molar-refractivity contribution in [2.75, 3.05) is 31.1 Å². The van der Waals surface area contributed by atoms with E-state index in [1.807, 2.05) is 35.2 Å². The van der Waals surface area contributed by atoms with Crippen LogP contribution >= 0.6 is 0 Å². The summed E-state index contributed by atoms with van der Waals surface area (Å²) < 4.78 is 0. The van der Waals surface area contributed by atoms with Gasteiger partial charge >= 0.3 is 0 Å². The van der Waals surface area contributed by atoms with E-state index in [1.165, 1.54) is 32.4 Å². The van der Waals surface area contributed by atoms with Gasteiger partial charge in [0.15, 0.2) is 0 Å². The minimum absolute atomic E-state index is 0.205. The largest absolute Gasteiger partial charge is 0.310 e. The molecule has 4 rings (SSSR count). The number of fused-ring (bicyclic) bond motifs is 1. The Morgan fingerprint density at radius 3 is 2.32 bits per heavy atom. The van der Waals surface area contributed by atoms with E-state index in [2.05, 4.69) is 36.1 Å². The molecule has 1 unspecified atom stereocenters. The maximum Gasteiger partial charge on any atom is 0.241 e. The second kappa shape index (κ2) is 6.64. The lowest BCUT2D eigenvalue weighted by atomic mass is 9.77. The standard InChI is InChI=1S/C22H26N2O/c1-22(18-10-4-2-5-11-18)19-12-6-7-13-20(19)24(21(22)25)17-16-23-14-8-3-9-15-23/h2,4-7,10-13H,3,8-9,14-17H2,1H3. The Bertz CT molecular complexity index is 752. The second-order valence-electron chi connectivity index (χ2n) is 7.37. The Hall–Kier alpha value is -2.13. The predicted octanol–water partition coefficient (Wildman–Crippen LogP) is 3.83. The molecule has 1 saturated heterocycles. The zero-order valence-corrected chi connectivity index (χ0v) is 14.9. The summed E-state index contributed by atoms with van der Waals surface area (Å²) in [6.45, 7) is 6.15. The minimum Gasteiger partial charge on any atom is -0.310 e. The number of nitrogens with zero attached hydrogens (tertiary/aromatic N) is 2. The van der Waals surface area contributed by atoms with Gasteiger partial charge in [0.2, 0.25) is 5.91 Å². The van der Waals surface area contributed by atoms with Gasteiger partial charge in [0.25, 0.3) is 0 Å². The summed E-state index contributed by atoms with van der Waals surface area (Å²) in [5, 5.41) is 0. The second-order valence-corrected chi connectivity index (χ2v) is 7.37. The number of piperidine rings is 1. The Balaban J connectivity index is 1.64. The lowest BCUT2D eigenvalue weighted by Crippen LogP contribution is -2.43. The first kappa shape index (κ1) is 16.3. The first-order valence-electron chi connectivity index (χ1n) is 9.40. The summed E-state index contributed by atoms with van der Waals surface area (Å²) in [5.41, 5.74) is 2.70. The van der Waals surface area contributed by atoms with Crippen LogP contribution in [0.25, 0.3) is 0 Å². The van der Waals surface area contributed by atoms with E-state index >= 15 is 0 Å². The average Bonchev–Trinajstić information content (AvgIpc) is 2.90. The van der Waals surface area contributed by atoms with E-state index in [-0.39, 0.29) is 5.91 Å². The smallest absolute Gasteiger partial charge is 0.241 e. The summed E-state index contributed by atoms with van der Waals surface area (Å²) in [6, 6.07) is 18.5. The summed E-state index contributed by atoms with van der Waals surface area (Å²) in [5.74, 6) is 0.205. The molecule has 2 aromatic rings. The van der Waals surface area contributed by atoms with E-state index in [1.54, 1.807) is 0 Å². The molecule has 0 saturated carbocycles. The van der Waals surface area contributed by atoms with Crippen LogP contribution in [0.2, 0.25) is 0 Å². The fraction of sp³-hybridized carbons (Fsp3) is 0.409. The summed E-state index contributed by atoms with van der Waals surface area (Å²) in [4.78, 5) is 18.0. The third kappa shape index (κ3) is 2.77. The van der Waals surface area contributed by atoms with Crippen molar-refractivity contribution in [3.05, 3.63) is 65.7 Å². The van der Waals surface area contributed by atoms with Crippen LogP contribution in [0.3, 0.4) is 0 Å². The number of rotatable bonds is 4. The maximum absolute atomic E-state index is 13.5. The van der Waals surface area contributed by atoms with Gasteiger partial charge in [-0.05, 0) is 50.0 Å². The van der Waals surface area contributed by atoms with Gasteiger partial charge in [0, 0.05) is 18.8 Å². The van der Waals surface area contributed by atoms with Crippen molar-refractivity contribution in [2.45, 2.75) is 31.6 Å². The Morgan fingerprint density at radius 2 is 1.56 bits per heavy atom. The summed E-state index contributed by atoms with van der Waals surface area (Å²) in [7, 11) is 0. The van der Waals surface area contributed by atoms with Gasteiger partial charge < -0.3 is 9.80 Å². The molecule has 2 aliphatic rings. The van der Waals surface area contributed by atoms with Gasteiger partial charge in [-0.1, -0.05) is 55.0 Å². The van der Waals surface area contributed by atoms with Gasteiger partial charge in [0.1, 0.15) is 0 Å².